The van der Waals surface area contributed by atoms with Gasteiger partial charge in [-0.25, -0.2) is 18.4 Å². The molecule has 0 aliphatic heterocycles. The predicted molar refractivity (Wildman–Crippen MR) is 65.9 cm³/mol. The lowest BCUT2D eigenvalue weighted by Crippen LogP contribution is -2.27. The summed E-state index contributed by atoms with van der Waals surface area (Å²) in [5.41, 5.74) is 5.58. The Bertz CT molecular complexity index is 623. The highest BCUT2D eigenvalue weighted by Crippen LogP contribution is 2.19. The summed E-state index contributed by atoms with van der Waals surface area (Å²) in [6, 6.07) is 2.96. The number of aromatic nitrogens is 3. The van der Waals surface area contributed by atoms with Crippen LogP contribution in [0.2, 0.25) is 0 Å². The molecule has 2 aromatic rings. The Morgan fingerprint density at radius 1 is 1.39 bits per heavy atom. The summed E-state index contributed by atoms with van der Waals surface area (Å²) in [4.78, 5) is 10.6. The molecular formula is C10H13N5O2S. The zero-order valence-electron chi connectivity index (χ0n) is 9.74. The van der Waals surface area contributed by atoms with E-state index < -0.39 is 10.0 Å². The van der Waals surface area contributed by atoms with E-state index in [1.807, 2.05) is 0 Å². The summed E-state index contributed by atoms with van der Waals surface area (Å²) in [5.74, 6) is 0.548. The van der Waals surface area contributed by atoms with Crippen molar-refractivity contribution in [3.8, 4) is 0 Å². The van der Waals surface area contributed by atoms with Gasteiger partial charge in [-0.15, -0.1) is 0 Å². The van der Waals surface area contributed by atoms with Gasteiger partial charge >= 0.3 is 0 Å². The normalized spacial score (nSPS) is 11.9. The van der Waals surface area contributed by atoms with Gasteiger partial charge in [-0.2, -0.15) is 4.31 Å². The van der Waals surface area contributed by atoms with E-state index in [2.05, 4.69) is 15.0 Å². The van der Waals surface area contributed by atoms with E-state index >= 15 is 0 Å². The maximum atomic E-state index is 12.2. The van der Waals surface area contributed by atoms with E-state index in [1.54, 1.807) is 12.4 Å². The molecule has 0 amide bonds. The van der Waals surface area contributed by atoms with Crippen LogP contribution >= 0.6 is 0 Å². The van der Waals surface area contributed by atoms with E-state index in [0.717, 1.165) is 0 Å². The summed E-state index contributed by atoms with van der Waals surface area (Å²) in [6.07, 6.45) is 4.64. The fraction of sp³-hybridized carbons (Fsp3) is 0.200. The first-order chi connectivity index (χ1) is 8.51. The molecule has 0 aromatic carbocycles. The van der Waals surface area contributed by atoms with Crippen LogP contribution in [0.15, 0.2) is 35.6 Å². The summed E-state index contributed by atoms with van der Waals surface area (Å²) >= 11 is 0. The first kappa shape index (κ1) is 12.5. The minimum absolute atomic E-state index is 0.000874. The number of hydrogen-bond acceptors (Lipinski definition) is 5. The zero-order valence-corrected chi connectivity index (χ0v) is 10.6. The Hall–Kier alpha value is -1.93. The van der Waals surface area contributed by atoms with Gasteiger partial charge in [-0.1, -0.05) is 0 Å². The average molecular weight is 267 g/mol. The fourth-order valence-electron chi connectivity index (χ4n) is 1.47. The topological polar surface area (TPSA) is 105 Å². The number of imidazole rings is 1. The SMILES string of the molecule is CN(Cc1ncc[nH]1)S(=O)(=O)c1cccnc1N. The summed E-state index contributed by atoms with van der Waals surface area (Å²) in [7, 11) is -2.20. The number of aromatic amines is 1. The fourth-order valence-corrected chi connectivity index (χ4v) is 2.66. The van der Waals surface area contributed by atoms with Gasteiger partial charge < -0.3 is 10.7 Å². The molecule has 0 saturated carbocycles. The van der Waals surface area contributed by atoms with Crippen LogP contribution in [-0.2, 0) is 16.6 Å². The van der Waals surface area contributed by atoms with Gasteiger partial charge in [0.1, 0.15) is 16.5 Å². The van der Waals surface area contributed by atoms with Crippen molar-refractivity contribution in [2.24, 2.45) is 0 Å². The van der Waals surface area contributed by atoms with E-state index in [-0.39, 0.29) is 17.3 Å². The van der Waals surface area contributed by atoms with Crippen LogP contribution < -0.4 is 5.73 Å². The number of pyridine rings is 1. The van der Waals surface area contributed by atoms with Gasteiger partial charge in [0.15, 0.2) is 0 Å². The molecule has 18 heavy (non-hydrogen) atoms. The number of rotatable bonds is 4. The highest BCUT2D eigenvalue weighted by molar-refractivity contribution is 7.89. The molecule has 2 rings (SSSR count). The molecule has 0 radical (unpaired) electrons. The monoisotopic (exact) mass is 267 g/mol. The second-order valence-electron chi connectivity index (χ2n) is 3.68. The van der Waals surface area contributed by atoms with Crippen LogP contribution in [0.5, 0.6) is 0 Å². The first-order valence-electron chi connectivity index (χ1n) is 5.17. The summed E-state index contributed by atoms with van der Waals surface area (Å²) < 4.78 is 25.7. The van der Waals surface area contributed by atoms with Gasteiger partial charge in [0.05, 0.1) is 6.54 Å². The van der Waals surface area contributed by atoms with Crippen molar-refractivity contribution < 1.29 is 8.42 Å². The van der Waals surface area contributed by atoms with Gasteiger partial charge in [-0.05, 0) is 12.1 Å². The Balaban J connectivity index is 2.29. The second-order valence-corrected chi connectivity index (χ2v) is 5.70. The molecular weight excluding hydrogens is 254 g/mol. The van der Waals surface area contributed by atoms with E-state index in [9.17, 15) is 8.42 Å². The van der Waals surface area contributed by atoms with Crippen molar-refractivity contribution >= 4 is 15.8 Å². The van der Waals surface area contributed by atoms with E-state index in [4.69, 9.17) is 5.73 Å². The quantitative estimate of drug-likeness (QED) is 0.823. The third-order valence-corrected chi connectivity index (χ3v) is 4.27. The standard InChI is InChI=1S/C10H13N5O2S/c1-15(7-9-12-5-6-13-9)18(16,17)8-3-2-4-14-10(8)11/h2-6H,7H2,1H3,(H2,11,14)(H,12,13). The summed E-state index contributed by atoms with van der Waals surface area (Å²) in [5, 5.41) is 0. The van der Waals surface area contributed by atoms with Crippen LogP contribution in [0.4, 0.5) is 5.82 Å². The Kier molecular flexibility index (Phi) is 3.30. The van der Waals surface area contributed by atoms with Gasteiger partial charge in [0, 0.05) is 25.6 Å². The maximum Gasteiger partial charge on any atom is 0.246 e. The molecule has 2 aromatic heterocycles. The van der Waals surface area contributed by atoms with Crippen LogP contribution in [0, 0.1) is 0 Å². The molecule has 3 N–H and O–H groups in total. The van der Waals surface area contributed by atoms with Crippen LogP contribution in [0.1, 0.15) is 5.82 Å². The number of nitrogens with zero attached hydrogens (tertiary/aromatic N) is 3. The lowest BCUT2D eigenvalue weighted by atomic mass is 10.5. The van der Waals surface area contributed by atoms with Crippen LogP contribution in [0.3, 0.4) is 0 Å². The third kappa shape index (κ3) is 2.34. The molecule has 7 nitrogen and oxygen atoms in total. The molecule has 0 bridgehead atoms. The number of sulfonamides is 1. The Labute approximate surface area is 105 Å². The molecule has 0 aliphatic carbocycles. The highest BCUT2D eigenvalue weighted by Gasteiger charge is 2.24. The minimum Gasteiger partial charge on any atom is -0.383 e. The second kappa shape index (κ2) is 4.75. The first-order valence-corrected chi connectivity index (χ1v) is 6.61. The van der Waals surface area contributed by atoms with Gasteiger partial charge in [-0.3, -0.25) is 0 Å². The van der Waals surface area contributed by atoms with Crippen LogP contribution in [0.25, 0.3) is 0 Å². The van der Waals surface area contributed by atoms with Crippen molar-refractivity contribution in [3.63, 3.8) is 0 Å². The lowest BCUT2D eigenvalue weighted by molar-refractivity contribution is 0.458. The molecule has 8 heteroatoms. The molecule has 0 spiro atoms. The zero-order chi connectivity index (χ0) is 13.2. The molecule has 0 atom stereocenters. The Morgan fingerprint density at radius 2 is 2.17 bits per heavy atom. The molecule has 0 unspecified atom stereocenters. The molecule has 96 valence electrons. The van der Waals surface area contributed by atoms with Crippen molar-refractivity contribution in [1.82, 2.24) is 19.3 Å². The highest BCUT2D eigenvalue weighted by atomic mass is 32.2. The maximum absolute atomic E-state index is 12.2. The van der Waals surface area contributed by atoms with Crippen LogP contribution in [-0.4, -0.2) is 34.7 Å². The largest absolute Gasteiger partial charge is 0.383 e. The lowest BCUT2D eigenvalue weighted by Gasteiger charge is -2.16. The molecule has 0 aliphatic rings. The number of anilines is 1. The number of H-pyrrole nitrogens is 1. The number of nitrogen functional groups attached to an aromatic ring is 1. The minimum atomic E-state index is -3.66. The average Bonchev–Trinajstić information content (AvgIpc) is 2.82. The number of nitrogens with two attached hydrogens (primary N) is 1. The van der Waals surface area contributed by atoms with Crippen molar-refractivity contribution in [3.05, 3.63) is 36.5 Å². The van der Waals surface area contributed by atoms with E-state index in [1.165, 1.54) is 29.7 Å². The predicted octanol–water partition coefficient (Wildman–Crippen LogP) is 0.208. The van der Waals surface area contributed by atoms with Crippen molar-refractivity contribution in [2.75, 3.05) is 12.8 Å². The van der Waals surface area contributed by atoms with E-state index in [0.29, 0.717) is 5.82 Å². The molecule has 0 saturated heterocycles. The van der Waals surface area contributed by atoms with Gasteiger partial charge in [0.25, 0.3) is 0 Å². The number of nitrogens with one attached hydrogen (secondary N) is 1. The summed E-state index contributed by atoms with van der Waals surface area (Å²) in [6.45, 7) is 0.143. The molecule has 2 heterocycles. The number of hydrogen-bond donors (Lipinski definition) is 2. The molecule has 0 fully saturated rings. The van der Waals surface area contributed by atoms with Crippen molar-refractivity contribution in [1.29, 1.82) is 0 Å². The third-order valence-electron chi connectivity index (χ3n) is 2.42. The smallest absolute Gasteiger partial charge is 0.246 e. The van der Waals surface area contributed by atoms with Crippen molar-refractivity contribution in [2.45, 2.75) is 11.4 Å². The Morgan fingerprint density at radius 3 is 2.78 bits per heavy atom. The van der Waals surface area contributed by atoms with Gasteiger partial charge in [0.2, 0.25) is 10.0 Å².